The Morgan fingerprint density at radius 1 is 1.38 bits per heavy atom. The number of hydrogen-bond donors (Lipinski definition) is 1. The molecule has 4 nitrogen and oxygen atoms in total. The number of rotatable bonds is 4. The number of hydrogen-bond acceptors (Lipinski definition) is 2. The maximum Gasteiger partial charge on any atom is 0.270 e. The summed E-state index contributed by atoms with van der Waals surface area (Å²) < 4.78 is 15.5. The van der Waals surface area contributed by atoms with Crippen LogP contribution in [0.2, 0.25) is 0 Å². The molecule has 0 aliphatic heterocycles. The predicted molar refractivity (Wildman–Crippen MR) is 81.4 cm³/mol. The number of anilines is 1. The average molecular weight is 289 g/mol. The quantitative estimate of drug-likeness (QED) is 0.940. The van der Waals surface area contributed by atoms with Crippen LogP contribution in [-0.2, 0) is 6.54 Å². The molecule has 0 saturated carbocycles. The Labute approximate surface area is 124 Å². The van der Waals surface area contributed by atoms with Crippen molar-refractivity contribution < 1.29 is 9.18 Å². The van der Waals surface area contributed by atoms with E-state index in [0.29, 0.717) is 16.9 Å². The van der Waals surface area contributed by atoms with Crippen molar-refractivity contribution in [1.29, 1.82) is 0 Å². The summed E-state index contributed by atoms with van der Waals surface area (Å²) in [6.07, 6.45) is 1.74. The fourth-order valence-corrected chi connectivity index (χ4v) is 2.25. The standard InChI is InChI=1S/C16H20FN3O/c1-11(2)20-10-13(18)8-15(20)16(21)19(3)9-12-6-4-5-7-14(12)17/h4-8,10-11H,9,18H2,1-3H3. The van der Waals surface area contributed by atoms with Crippen LogP contribution < -0.4 is 5.73 Å². The van der Waals surface area contributed by atoms with Gasteiger partial charge in [0.05, 0.1) is 5.69 Å². The van der Waals surface area contributed by atoms with Gasteiger partial charge in [0.1, 0.15) is 11.5 Å². The summed E-state index contributed by atoms with van der Waals surface area (Å²) in [4.78, 5) is 14.0. The van der Waals surface area contributed by atoms with Gasteiger partial charge in [-0.1, -0.05) is 18.2 Å². The monoisotopic (exact) mass is 289 g/mol. The smallest absolute Gasteiger partial charge is 0.270 e. The van der Waals surface area contributed by atoms with Crippen molar-refractivity contribution in [3.63, 3.8) is 0 Å². The van der Waals surface area contributed by atoms with Crippen LogP contribution in [-0.4, -0.2) is 22.4 Å². The highest BCUT2D eigenvalue weighted by Gasteiger charge is 2.19. The van der Waals surface area contributed by atoms with Crippen LogP contribution in [0, 0.1) is 5.82 Å². The third kappa shape index (κ3) is 3.24. The number of benzene rings is 1. The largest absolute Gasteiger partial charge is 0.397 e. The second-order valence-corrected chi connectivity index (χ2v) is 5.41. The Hall–Kier alpha value is -2.30. The number of halogens is 1. The minimum atomic E-state index is -0.309. The fraction of sp³-hybridized carbons (Fsp3) is 0.312. The second kappa shape index (κ2) is 5.99. The number of nitrogens with zero attached hydrogens (tertiary/aromatic N) is 2. The molecular formula is C16H20FN3O. The van der Waals surface area contributed by atoms with Gasteiger partial charge in [0.15, 0.2) is 0 Å². The highest BCUT2D eigenvalue weighted by atomic mass is 19.1. The number of carbonyl (C=O) groups excluding carboxylic acids is 1. The summed E-state index contributed by atoms with van der Waals surface area (Å²) in [6, 6.07) is 8.23. The summed E-state index contributed by atoms with van der Waals surface area (Å²) in [5.74, 6) is -0.487. The number of nitrogens with two attached hydrogens (primary N) is 1. The van der Waals surface area contributed by atoms with E-state index in [4.69, 9.17) is 5.73 Å². The first-order valence-corrected chi connectivity index (χ1v) is 6.86. The summed E-state index contributed by atoms with van der Waals surface area (Å²) >= 11 is 0. The van der Waals surface area contributed by atoms with E-state index >= 15 is 0 Å². The lowest BCUT2D eigenvalue weighted by atomic mass is 10.2. The second-order valence-electron chi connectivity index (χ2n) is 5.41. The van der Waals surface area contributed by atoms with Gasteiger partial charge in [-0.15, -0.1) is 0 Å². The molecular weight excluding hydrogens is 269 g/mol. The molecule has 0 saturated heterocycles. The molecule has 0 unspecified atom stereocenters. The maximum absolute atomic E-state index is 13.7. The first kappa shape index (κ1) is 15.1. The van der Waals surface area contributed by atoms with Gasteiger partial charge in [0.25, 0.3) is 5.91 Å². The van der Waals surface area contributed by atoms with Crippen LogP contribution in [0.3, 0.4) is 0 Å². The van der Waals surface area contributed by atoms with E-state index in [1.54, 1.807) is 37.5 Å². The summed E-state index contributed by atoms with van der Waals surface area (Å²) in [5, 5.41) is 0. The minimum Gasteiger partial charge on any atom is -0.397 e. The van der Waals surface area contributed by atoms with Crippen molar-refractivity contribution in [2.45, 2.75) is 26.4 Å². The zero-order valence-corrected chi connectivity index (χ0v) is 12.5. The van der Waals surface area contributed by atoms with Gasteiger partial charge >= 0.3 is 0 Å². The van der Waals surface area contributed by atoms with Crippen LogP contribution in [0.5, 0.6) is 0 Å². The highest BCUT2D eigenvalue weighted by Crippen LogP contribution is 2.19. The van der Waals surface area contributed by atoms with E-state index in [1.807, 2.05) is 18.4 Å². The first-order valence-electron chi connectivity index (χ1n) is 6.86. The maximum atomic E-state index is 13.7. The topological polar surface area (TPSA) is 51.3 Å². The van der Waals surface area contributed by atoms with E-state index in [0.717, 1.165) is 0 Å². The fourth-order valence-electron chi connectivity index (χ4n) is 2.25. The SMILES string of the molecule is CC(C)n1cc(N)cc1C(=O)N(C)Cc1ccccc1F. The number of aromatic nitrogens is 1. The molecule has 2 N–H and O–H groups in total. The van der Waals surface area contributed by atoms with Gasteiger partial charge in [0, 0.05) is 31.4 Å². The Morgan fingerprint density at radius 2 is 2.05 bits per heavy atom. The molecule has 1 aromatic carbocycles. The molecule has 0 aliphatic carbocycles. The van der Waals surface area contributed by atoms with Crippen molar-refractivity contribution in [1.82, 2.24) is 9.47 Å². The first-order chi connectivity index (χ1) is 9.90. The van der Waals surface area contributed by atoms with Crippen LogP contribution in [0.25, 0.3) is 0 Å². The molecule has 1 heterocycles. The predicted octanol–water partition coefficient (Wildman–Crippen LogP) is 3.06. The van der Waals surface area contributed by atoms with E-state index < -0.39 is 0 Å². The Kier molecular flexibility index (Phi) is 4.31. The molecule has 112 valence electrons. The molecule has 1 amide bonds. The third-order valence-electron chi connectivity index (χ3n) is 3.36. The van der Waals surface area contributed by atoms with Crippen LogP contribution >= 0.6 is 0 Å². The average Bonchev–Trinajstić information content (AvgIpc) is 2.82. The normalized spacial score (nSPS) is 10.9. The van der Waals surface area contributed by atoms with Crippen LogP contribution in [0.15, 0.2) is 36.5 Å². The lowest BCUT2D eigenvalue weighted by Gasteiger charge is -2.20. The Bertz CT molecular complexity index is 649. The number of amides is 1. The molecule has 0 radical (unpaired) electrons. The highest BCUT2D eigenvalue weighted by molar-refractivity contribution is 5.93. The lowest BCUT2D eigenvalue weighted by Crippen LogP contribution is -2.28. The van der Waals surface area contributed by atoms with Gasteiger partial charge in [-0.3, -0.25) is 4.79 Å². The van der Waals surface area contributed by atoms with Crippen LogP contribution in [0.1, 0.15) is 35.9 Å². The van der Waals surface area contributed by atoms with E-state index in [9.17, 15) is 9.18 Å². The van der Waals surface area contributed by atoms with Gasteiger partial charge in [-0.05, 0) is 26.0 Å². The van der Waals surface area contributed by atoms with Gasteiger partial charge in [-0.2, -0.15) is 0 Å². The molecule has 2 aromatic rings. The van der Waals surface area contributed by atoms with Gasteiger partial charge in [0.2, 0.25) is 0 Å². The molecule has 5 heteroatoms. The zero-order valence-electron chi connectivity index (χ0n) is 12.5. The molecule has 2 rings (SSSR count). The Balaban J connectivity index is 2.22. The van der Waals surface area contributed by atoms with Gasteiger partial charge in [-0.25, -0.2) is 4.39 Å². The lowest BCUT2D eigenvalue weighted by molar-refractivity contribution is 0.0771. The van der Waals surface area contributed by atoms with Crippen molar-refractivity contribution in [2.24, 2.45) is 0 Å². The van der Waals surface area contributed by atoms with Gasteiger partial charge < -0.3 is 15.2 Å². The molecule has 1 aromatic heterocycles. The van der Waals surface area contributed by atoms with Crippen molar-refractivity contribution in [3.8, 4) is 0 Å². The molecule has 0 bridgehead atoms. The molecule has 0 spiro atoms. The third-order valence-corrected chi connectivity index (χ3v) is 3.36. The molecule has 0 aliphatic rings. The number of carbonyl (C=O) groups is 1. The summed E-state index contributed by atoms with van der Waals surface area (Å²) in [7, 11) is 1.66. The van der Waals surface area contributed by atoms with Crippen molar-refractivity contribution >= 4 is 11.6 Å². The molecule has 21 heavy (non-hydrogen) atoms. The summed E-state index contributed by atoms with van der Waals surface area (Å²) in [6.45, 7) is 4.18. The van der Waals surface area contributed by atoms with Crippen LogP contribution in [0.4, 0.5) is 10.1 Å². The van der Waals surface area contributed by atoms with Crippen molar-refractivity contribution in [2.75, 3.05) is 12.8 Å². The molecule has 0 atom stereocenters. The minimum absolute atomic E-state index is 0.128. The summed E-state index contributed by atoms with van der Waals surface area (Å²) in [5.41, 5.74) is 7.33. The van der Waals surface area contributed by atoms with E-state index in [2.05, 4.69) is 0 Å². The zero-order chi connectivity index (χ0) is 15.6. The Morgan fingerprint density at radius 3 is 2.67 bits per heavy atom. The van der Waals surface area contributed by atoms with Crippen molar-refractivity contribution in [3.05, 3.63) is 53.6 Å². The van der Waals surface area contributed by atoms with E-state index in [1.165, 1.54) is 11.0 Å². The number of nitrogen functional groups attached to an aromatic ring is 1. The van der Waals surface area contributed by atoms with E-state index in [-0.39, 0.29) is 24.3 Å². The molecule has 0 fully saturated rings.